The van der Waals surface area contributed by atoms with Gasteiger partial charge in [-0.15, -0.1) is 0 Å². The van der Waals surface area contributed by atoms with Crippen LogP contribution in [0.1, 0.15) is 30.4 Å². The van der Waals surface area contributed by atoms with Gasteiger partial charge in [-0.25, -0.2) is 0 Å². The van der Waals surface area contributed by atoms with Crippen LogP contribution < -0.4 is 9.64 Å². The summed E-state index contributed by atoms with van der Waals surface area (Å²) in [6, 6.07) is 11.6. The molecule has 1 amide bonds. The van der Waals surface area contributed by atoms with Gasteiger partial charge in [0.15, 0.2) is 11.5 Å². The molecule has 0 unspecified atom stereocenters. The first-order valence-corrected chi connectivity index (χ1v) is 12.2. The van der Waals surface area contributed by atoms with Crippen molar-refractivity contribution >= 4 is 50.9 Å². The maximum absolute atomic E-state index is 13.2. The molecule has 0 radical (unpaired) electrons. The van der Waals surface area contributed by atoms with E-state index in [1.807, 2.05) is 32.0 Å². The first-order valence-electron chi connectivity index (χ1n) is 10.1. The lowest BCUT2D eigenvalue weighted by Gasteiger charge is -2.42. The van der Waals surface area contributed by atoms with Crippen LogP contribution in [0.15, 0.2) is 45.4 Å². The number of aryl methyl sites for hydroxylation is 1. The Labute approximate surface area is 204 Å². The van der Waals surface area contributed by atoms with Crippen molar-refractivity contribution in [2.75, 3.05) is 24.1 Å². The molecule has 0 spiro atoms. The lowest BCUT2D eigenvalue weighted by Crippen LogP contribution is -2.47. The number of ether oxygens (including phenoxy) is 1. The second kappa shape index (κ2) is 9.26. The van der Waals surface area contributed by atoms with Crippen molar-refractivity contribution in [2.45, 2.75) is 26.2 Å². The number of carbonyl (C=O) groups is 1. The van der Waals surface area contributed by atoms with Crippen LogP contribution in [0.2, 0.25) is 5.02 Å². The maximum Gasteiger partial charge on any atom is 0.229 e. The normalized spacial score (nSPS) is 18.5. The Bertz CT molecular complexity index is 1160. The highest BCUT2D eigenvalue weighted by Gasteiger charge is 2.39. The SMILES string of the molecule is CCOc1cc([C@H]2CC(=O)N3CN(c4ccc(C)c(Cl)c4)CSC3=C2C#N)cc(Br)c1O. The molecular formula is C23H21BrClN3O3S. The summed E-state index contributed by atoms with van der Waals surface area (Å²) in [6.07, 6.45) is 0.165. The Morgan fingerprint density at radius 2 is 2.16 bits per heavy atom. The summed E-state index contributed by atoms with van der Waals surface area (Å²) in [5.41, 5.74) is 3.24. The van der Waals surface area contributed by atoms with Crippen LogP contribution in [0, 0.1) is 18.3 Å². The number of halogens is 2. The van der Waals surface area contributed by atoms with E-state index in [1.54, 1.807) is 17.0 Å². The lowest BCUT2D eigenvalue weighted by molar-refractivity contribution is -0.129. The molecule has 2 aromatic rings. The first kappa shape index (κ1) is 22.8. The number of rotatable bonds is 4. The van der Waals surface area contributed by atoms with Gasteiger partial charge in [0.2, 0.25) is 5.91 Å². The summed E-state index contributed by atoms with van der Waals surface area (Å²) in [6.45, 7) is 4.53. The Balaban J connectivity index is 1.68. The Morgan fingerprint density at radius 1 is 1.38 bits per heavy atom. The summed E-state index contributed by atoms with van der Waals surface area (Å²) in [5.74, 6) is 0.474. The van der Waals surface area contributed by atoms with E-state index in [4.69, 9.17) is 16.3 Å². The van der Waals surface area contributed by atoms with E-state index < -0.39 is 5.92 Å². The van der Waals surface area contributed by atoms with E-state index in [0.717, 1.165) is 16.8 Å². The molecule has 0 saturated carbocycles. The Kier molecular flexibility index (Phi) is 6.61. The van der Waals surface area contributed by atoms with Crippen molar-refractivity contribution in [2.24, 2.45) is 0 Å². The molecule has 4 rings (SSSR count). The average Bonchev–Trinajstić information content (AvgIpc) is 2.78. The fraction of sp³-hybridized carbons (Fsp3) is 0.304. The molecule has 0 aromatic heterocycles. The van der Waals surface area contributed by atoms with Crippen molar-refractivity contribution in [1.82, 2.24) is 4.90 Å². The topological polar surface area (TPSA) is 76.8 Å². The summed E-state index contributed by atoms with van der Waals surface area (Å²) >= 11 is 11.1. The fourth-order valence-electron chi connectivity index (χ4n) is 3.85. The van der Waals surface area contributed by atoms with Crippen molar-refractivity contribution in [3.8, 4) is 17.6 Å². The van der Waals surface area contributed by atoms with E-state index in [-0.39, 0.29) is 18.1 Å². The molecule has 0 bridgehead atoms. The molecule has 9 heteroatoms. The predicted molar refractivity (Wildman–Crippen MR) is 130 cm³/mol. The minimum Gasteiger partial charge on any atom is -0.503 e. The predicted octanol–water partition coefficient (Wildman–Crippen LogP) is 5.73. The third-order valence-electron chi connectivity index (χ3n) is 5.57. The molecule has 1 N–H and O–H groups in total. The van der Waals surface area contributed by atoms with Gasteiger partial charge in [0.1, 0.15) is 0 Å². The van der Waals surface area contributed by atoms with Crippen LogP contribution in [-0.2, 0) is 4.79 Å². The van der Waals surface area contributed by atoms with Crippen LogP contribution in [0.25, 0.3) is 0 Å². The number of anilines is 1. The number of allylic oxidation sites excluding steroid dienone is 1. The van der Waals surface area contributed by atoms with E-state index in [9.17, 15) is 15.2 Å². The number of phenolic OH excluding ortho intramolecular Hbond substituents is 1. The number of phenols is 1. The maximum atomic E-state index is 13.2. The lowest BCUT2D eigenvalue weighted by atomic mass is 9.86. The molecule has 1 atom stereocenters. The van der Waals surface area contributed by atoms with Gasteiger partial charge in [-0.1, -0.05) is 29.4 Å². The number of carbonyl (C=O) groups excluding carboxylic acids is 1. The minimum atomic E-state index is -0.400. The van der Waals surface area contributed by atoms with Crippen molar-refractivity contribution < 1.29 is 14.6 Å². The number of fused-ring (bicyclic) bond motifs is 1. The summed E-state index contributed by atoms with van der Waals surface area (Å²) < 4.78 is 6.00. The molecule has 1 fully saturated rings. The van der Waals surface area contributed by atoms with E-state index >= 15 is 0 Å². The second-order valence-corrected chi connectivity index (χ2v) is 9.77. The molecular weight excluding hydrogens is 514 g/mol. The third kappa shape index (κ3) is 4.17. The highest BCUT2D eigenvalue weighted by Crippen LogP contribution is 2.46. The van der Waals surface area contributed by atoms with Crippen LogP contribution in [0.4, 0.5) is 5.69 Å². The zero-order valence-corrected chi connectivity index (χ0v) is 20.7. The number of nitriles is 1. The van der Waals surface area contributed by atoms with E-state index in [0.29, 0.717) is 45.0 Å². The molecule has 2 aliphatic rings. The summed E-state index contributed by atoms with van der Waals surface area (Å²) in [5, 5.41) is 21.6. The Morgan fingerprint density at radius 3 is 2.84 bits per heavy atom. The van der Waals surface area contributed by atoms with Gasteiger partial charge in [0.25, 0.3) is 0 Å². The van der Waals surface area contributed by atoms with Crippen LogP contribution in [-0.4, -0.2) is 35.1 Å². The van der Waals surface area contributed by atoms with Gasteiger partial charge in [-0.05, 0) is 65.2 Å². The van der Waals surface area contributed by atoms with E-state index in [1.165, 1.54) is 11.8 Å². The summed E-state index contributed by atoms with van der Waals surface area (Å²) in [7, 11) is 0. The van der Waals surface area contributed by atoms with Crippen molar-refractivity contribution in [3.63, 3.8) is 0 Å². The number of amides is 1. The van der Waals surface area contributed by atoms with Crippen LogP contribution in [0.5, 0.6) is 11.5 Å². The van der Waals surface area contributed by atoms with Gasteiger partial charge in [-0.3, -0.25) is 9.69 Å². The molecule has 0 aliphatic carbocycles. The largest absolute Gasteiger partial charge is 0.503 e. The quantitative estimate of drug-likeness (QED) is 0.539. The number of hydrogen-bond donors (Lipinski definition) is 1. The van der Waals surface area contributed by atoms with E-state index in [2.05, 4.69) is 26.9 Å². The molecule has 2 aromatic carbocycles. The number of hydrogen-bond acceptors (Lipinski definition) is 6. The number of benzene rings is 2. The fourth-order valence-corrected chi connectivity index (χ4v) is 5.65. The number of thioether (sulfide) groups is 1. The molecule has 6 nitrogen and oxygen atoms in total. The molecule has 1 saturated heterocycles. The third-order valence-corrected chi connectivity index (χ3v) is 7.73. The monoisotopic (exact) mass is 533 g/mol. The van der Waals surface area contributed by atoms with Crippen LogP contribution >= 0.6 is 39.3 Å². The Hall–Kier alpha value is -2.34. The van der Waals surface area contributed by atoms with Gasteiger partial charge < -0.3 is 14.7 Å². The molecule has 2 aliphatic heterocycles. The zero-order valence-electron chi connectivity index (χ0n) is 17.6. The first-order chi connectivity index (χ1) is 15.3. The zero-order chi connectivity index (χ0) is 23.0. The second-order valence-electron chi connectivity index (χ2n) is 7.58. The molecule has 166 valence electrons. The van der Waals surface area contributed by atoms with Gasteiger partial charge in [-0.2, -0.15) is 5.26 Å². The molecule has 32 heavy (non-hydrogen) atoms. The van der Waals surface area contributed by atoms with Gasteiger partial charge in [0.05, 0.1) is 40.3 Å². The minimum absolute atomic E-state index is 0.00460. The number of aromatic hydroxyl groups is 1. The van der Waals surface area contributed by atoms with Gasteiger partial charge in [0, 0.05) is 23.0 Å². The van der Waals surface area contributed by atoms with Crippen molar-refractivity contribution in [1.29, 1.82) is 5.26 Å². The van der Waals surface area contributed by atoms with Crippen molar-refractivity contribution in [3.05, 3.63) is 61.6 Å². The standard InChI is InChI=1S/C23H21BrClN3O3S/c1-3-31-20-7-14(6-18(24)22(20)30)16-9-21(29)28-11-27(12-32-23(28)17(16)10-26)15-5-4-13(2)19(25)8-15/h4-8,16,30H,3,9,11-12H2,1-2H3/t16-/m1/s1. The highest BCUT2D eigenvalue weighted by molar-refractivity contribution is 9.10. The van der Waals surface area contributed by atoms with Gasteiger partial charge >= 0.3 is 0 Å². The molecule has 2 heterocycles. The summed E-state index contributed by atoms with van der Waals surface area (Å²) in [4.78, 5) is 16.9. The smallest absolute Gasteiger partial charge is 0.229 e. The average molecular weight is 535 g/mol. The number of nitrogens with zero attached hydrogens (tertiary/aromatic N) is 3. The van der Waals surface area contributed by atoms with Crippen LogP contribution in [0.3, 0.4) is 0 Å². The highest BCUT2D eigenvalue weighted by atomic mass is 79.9.